The molecule has 1 aliphatic heterocycles. The van der Waals surface area contributed by atoms with Crippen LogP contribution in [-0.4, -0.2) is 30.8 Å². The molecule has 116 valence electrons. The van der Waals surface area contributed by atoms with Crippen LogP contribution in [-0.2, 0) is 4.79 Å². The quantitative estimate of drug-likeness (QED) is 0.809. The third kappa shape index (κ3) is 3.67. The van der Waals surface area contributed by atoms with Crippen LogP contribution in [0.15, 0.2) is 18.2 Å². The number of rotatable bonds is 7. The summed E-state index contributed by atoms with van der Waals surface area (Å²) in [5, 5.41) is 12.5. The van der Waals surface area contributed by atoms with Crippen molar-refractivity contribution < 1.29 is 19.4 Å². The van der Waals surface area contributed by atoms with E-state index < -0.39 is 11.4 Å². The van der Waals surface area contributed by atoms with Gasteiger partial charge in [-0.25, -0.2) is 0 Å². The van der Waals surface area contributed by atoms with Gasteiger partial charge in [0.05, 0.1) is 11.5 Å². The van der Waals surface area contributed by atoms with Gasteiger partial charge in [0, 0.05) is 11.6 Å². The molecule has 5 heteroatoms. The van der Waals surface area contributed by atoms with Crippen LogP contribution in [0.1, 0.15) is 38.8 Å². The van der Waals surface area contributed by atoms with Crippen molar-refractivity contribution in [2.45, 2.75) is 33.2 Å². The van der Waals surface area contributed by atoms with E-state index in [1.165, 1.54) is 0 Å². The van der Waals surface area contributed by atoms with E-state index in [-0.39, 0.29) is 12.6 Å². The van der Waals surface area contributed by atoms with E-state index in [1.54, 1.807) is 13.8 Å². The number of carboxylic acids is 1. The molecule has 0 spiro atoms. The van der Waals surface area contributed by atoms with E-state index in [4.69, 9.17) is 14.6 Å². The molecule has 1 atom stereocenters. The highest BCUT2D eigenvalue weighted by molar-refractivity contribution is 5.73. The summed E-state index contributed by atoms with van der Waals surface area (Å²) < 4.78 is 11.3. The van der Waals surface area contributed by atoms with Crippen LogP contribution < -0.4 is 14.8 Å². The van der Waals surface area contributed by atoms with Gasteiger partial charge in [-0.3, -0.25) is 4.79 Å². The molecule has 0 radical (unpaired) electrons. The fraction of sp³-hybridized carbons (Fsp3) is 0.562. The Hall–Kier alpha value is -1.75. The lowest BCUT2D eigenvalue weighted by atomic mass is 9.95. The van der Waals surface area contributed by atoms with Crippen LogP contribution in [0.2, 0.25) is 0 Å². The Labute approximate surface area is 125 Å². The first-order chi connectivity index (χ1) is 9.94. The second kappa shape index (κ2) is 6.35. The Kier molecular flexibility index (Phi) is 4.73. The maximum absolute atomic E-state index is 11.1. The van der Waals surface area contributed by atoms with Crippen LogP contribution in [0.4, 0.5) is 0 Å². The zero-order chi connectivity index (χ0) is 15.5. The van der Waals surface area contributed by atoms with Gasteiger partial charge >= 0.3 is 5.97 Å². The molecule has 5 nitrogen and oxygen atoms in total. The number of hydrogen-bond acceptors (Lipinski definition) is 4. The molecule has 1 aromatic rings. The number of hydrogen-bond donors (Lipinski definition) is 2. The number of carbonyl (C=O) groups is 1. The Morgan fingerprint density at radius 2 is 2.29 bits per heavy atom. The second-order valence-electron chi connectivity index (χ2n) is 6.00. The number of ether oxygens (including phenoxy) is 2. The molecule has 0 amide bonds. The van der Waals surface area contributed by atoms with Crippen molar-refractivity contribution in [1.29, 1.82) is 0 Å². The fourth-order valence-corrected chi connectivity index (χ4v) is 2.09. The highest BCUT2D eigenvalue weighted by Gasteiger charge is 2.29. The minimum Gasteiger partial charge on any atom is -0.492 e. The van der Waals surface area contributed by atoms with Crippen molar-refractivity contribution >= 4 is 5.97 Å². The lowest BCUT2D eigenvalue weighted by molar-refractivity contribution is -0.148. The monoisotopic (exact) mass is 293 g/mol. The third-order valence-electron chi connectivity index (χ3n) is 3.59. The van der Waals surface area contributed by atoms with E-state index in [0.717, 1.165) is 24.3 Å². The maximum Gasteiger partial charge on any atom is 0.312 e. The van der Waals surface area contributed by atoms with Gasteiger partial charge < -0.3 is 19.9 Å². The summed E-state index contributed by atoms with van der Waals surface area (Å²) in [6.45, 7) is 7.12. The number of aliphatic carboxylic acids is 1. The first kappa shape index (κ1) is 15.6. The van der Waals surface area contributed by atoms with Gasteiger partial charge in [-0.1, -0.05) is 6.92 Å². The summed E-state index contributed by atoms with van der Waals surface area (Å²) in [6.07, 6.45) is 1.08. The SMILES string of the molecule is CCCNC1COc2cc(OCC(C)(C)C(=O)O)ccc21. The molecular formula is C16H23NO4. The Morgan fingerprint density at radius 3 is 2.95 bits per heavy atom. The van der Waals surface area contributed by atoms with Gasteiger partial charge in [0.2, 0.25) is 0 Å². The zero-order valence-corrected chi connectivity index (χ0v) is 12.8. The minimum atomic E-state index is -0.912. The number of nitrogens with one attached hydrogen (secondary N) is 1. The van der Waals surface area contributed by atoms with Gasteiger partial charge in [0.25, 0.3) is 0 Å². The van der Waals surface area contributed by atoms with E-state index in [9.17, 15) is 4.79 Å². The largest absolute Gasteiger partial charge is 0.492 e. The molecule has 21 heavy (non-hydrogen) atoms. The molecule has 1 aliphatic rings. The standard InChI is InChI=1S/C16H23NO4/c1-4-7-17-13-9-20-14-8-11(5-6-12(13)14)21-10-16(2,3)15(18)19/h5-6,8,13,17H,4,7,9-10H2,1-3H3,(H,18,19). The number of fused-ring (bicyclic) bond motifs is 1. The summed E-state index contributed by atoms with van der Waals surface area (Å²) in [5.74, 6) is 0.581. The third-order valence-corrected chi connectivity index (χ3v) is 3.59. The first-order valence-electron chi connectivity index (χ1n) is 7.30. The highest BCUT2D eigenvalue weighted by Crippen LogP contribution is 2.35. The molecule has 0 aliphatic carbocycles. The van der Waals surface area contributed by atoms with Gasteiger partial charge in [-0.2, -0.15) is 0 Å². The lowest BCUT2D eigenvalue weighted by Crippen LogP contribution is -2.30. The van der Waals surface area contributed by atoms with Crippen molar-refractivity contribution in [3.8, 4) is 11.5 Å². The Bertz CT molecular complexity index is 513. The maximum atomic E-state index is 11.1. The average molecular weight is 293 g/mol. The van der Waals surface area contributed by atoms with Crippen molar-refractivity contribution in [2.24, 2.45) is 5.41 Å². The van der Waals surface area contributed by atoms with Gasteiger partial charge in [0.15, 0.2) is 0 Å². The molecule has 0 aromatic heterocycles. The molecule has 1 unspecified atom stereocenters. The van der Waals surface area contributed by atoms with E-state index >= 15 is 0 Å². The average Bonchev–Trinajstić information content (AvgIpc) is 2.85. The van der Waals surface area contributed by atoms with Crippen LogP contribution in [0, 0.1) is 5.41 Å². The molecule has 1 heterocycles. The molecule has 2 rings (SSSR count). The summed E-state index contributed by atoms with van der Waals surface area (Å²) in [6, 6.07) is 5.91. The van der Waals surface area contributed by atoms with E-state index in [0.29, 0.717) is 12.4 Å². The minimum absolute atomic E-state index is 0.124. The Morgan fingerprint density at radius 1 is 1.52 bits per heavy atom. The van der Waals surface area contributed by atoms with Crippen LogP contribution >= 0.6 is 0 Å². The molecule has 2 N–H and O–H groups in total. The molecular weight excluding hydrogens is 270 g/mol. The number of carboxylic acid groups (broad SMARTS) is 1. The highest BCUT2D eigenvalue weighted by atomic mass is 16.5. The molecule has 0 saturated heterocycles. The van der Waals surface area contributed by atoms with Crippen molar-refractivity contribution in [2.75, 3.05) is 19.8 Å². The lowest BCUT2D eigenvalue weighted by Gasteiger charge is -2.19. The first-order valence-corrected chi connectivity index (χ1v) is 7.30. The summed E-state index contributed by atoms with van der Waals surface area (Å²) in [4.78, 5) is 11.1. The van der Waals surface area contributed by atoms with Crippen molar-refractivity contribution in [3.05, 3.63) is 23.8 Å². The topological polar surface area (TPSA) is 67.8 Å². The van der Waals surface area contributed by atoms with E-state index in [2.05, 4.69) is 12.2 Å². The van der Waals surface area contributed by atoms with Crippen molar-refractivity contribution in [3.63, 3.8) is 0 Å². The van der Waals surface area contributed by atoms with Crippen LogP contribution in [0.5, 0.6) is 11.5 Å². The van der Waals surface area contributed by atoms with Crippen LogP contribution in [0.25, 0.3) is 0 Å². The molecule has 0 bridgehead atoms. The van der Waals surface area contributed by atoms with Crippen LogP contribution in [0.3, 0.4) is 0 Å². The predicted octanol–water partition coefficient (Wildman–Crippen LogP) is 2.61. The summed E-state index contributed by atoms with van der Waals surface area (Å²) in [7, 11) is 0. The van der Waals surface area contributed by atoms with Crippen molar-refractivity contribution in [1.82, 2.24) is 5.32 Å². The normalized spacial score (nSPS) is 17.2. The molecule has 0 saturated carbocycles. The van der Waals surface area contributed by atoms with Gasteiger partial charge in [-0.15, -0.1) is 0 Å². The van der Waals surface area contributed by atoms with E-state index in [1.807, 2.05) is 18.2 Å². The predicted molar refractivity (Wildman–Crippen MR) is 79.9 cm³/mol. The zero-order valence-electron chi connectivity index (χ0n) is 12.8. The van der Waals surface area contributed by atoms with Gasteiger partial charge in [-0.05, 0) is 38.9 Å². The van der Waals surface area contributed by atoms with Gasteiger partial charge in [0.1, 0.15) is 24.7 Å². The second-order valence-corrected chi connectivity index (χ2v) is 6.00. The number of benzene rings is 1. The summed E-state index contributed by atoms with van der Waals surface area (Å²) >= 11 is 0. The smallest absolute Gasteiger partial charge is 0.312 e. The molecule has 0 fully saturated rings. The Balaban J connectivity index is 2.01. The molecule has 1 aromatic carbocycles. The fourth-order valence-electron chi connectivity index (χ4n) is 2.09. The summed E-state index contributed by atoms with van der Waals surface area (Å²) in [5.41, 5.74) is 0.221.